The van der Waals surface area contributed by atoms with Crippen LogP contribution < -0.4 is 0 Å². The SMILES string of the molecule is COC(=O)CN(C)CCN(C)CCN(CC(=O)O)CC(=O)OC. The van der Waals surface area contributed by atoms with Gasteiger partial charge in [0, 0.05) is 26.2 Å². The van der Waals surface area contributed by atoms with Crippen LogP contribution in [0.2, 0.25) is 0 Å². The normalized spacial score (nSPS) is 11.1. The number of methoxy groups -OCH3 is 2. The lowest BCUT2D eigenvalue weighted by atomic mass is 10.4. The molecule has 0 bridgehead atoms. The van der Waals surface area contributed by atoms with Crippen molar-refractivity contribution in [3.63, 3.8) is 0 Å². The van der Waals surface area contributed by atoms with E-state index in [-0.39, 0.29) is 25.6 Å². The van der Waals surface area contributed by atoms with Gasteiger partial charge in [-0.1, -0.05) is 0 Å². The Balaban J connectivity index is 4.14. The van der Waals surface area contributed by atoms with Gasteiger partial charge in [-0.2, -0.15) is 0 Å². The zero-order chi connectivity index (χ0) is 17.8. The minimum atomic E-state index is -0.991. The summed E-state index contributed by atoms with van der Waals surface area (Å²) in [6, 6.07) is 0. The van der Waals surface area contributed by atoms with E-state index in [0.717, 1.165) is 0 Å². The van der Waals surface area contributed by atoms with Gasteiger partial charge in [0.25, 0.3) is 0 Å². The summed E-state index contributed by atoms with van der Waals surface area (Å²) in [5.74, 6) is -1.75. The minimum Gasteiger partial charge on any atom is -0.480 e. The second-order valence-electron chi connectivity index (χ2n) is 5.30. The van der Waals surface area contributed by atoms with Crippen molar-refractivity contribution in [2.24, 2.45) is 0 Å². The van der Waals surface area contributed by atoms with E-state index in [0.29, 0.717) is 26.2 Å². The Morgan fingerprint density at radius 2 is 1.26 bits per heavy atom. The molecule has 9 nitrogen and oxygen atoms in total. The average Bonchev–Trinajstić information content (AvgIpc) is 2.49. The topological polar surface area (TPSA) is 99.6 Å². The van der Waals surface area contributed by atoms with Crippen LogP contribution in [0.1, 0.15) is 0 Å². The number of hydrogen-bond donors (Lipinski definition) is 1. The third-order valence-electron chi connectivity index (χ3n) is 3.23. The molecule has 0 radical (unpaired) electrons. The molecule has 0 aliphatic carbocycles. The maximum atomic E-state index is 11.3. The third-order valence-corrected chi connectivity index (χ3v) is 3.23. The lowest BCUT2D eigenvalue weighted by Gasteiger charge is -2.24. The standard InChI is InChI=1S/C14H27N3O6/c1-15(5-6-16(2)10-13(20)22-3)7-8-17(9-12(18)19)11-14(21)23-4/h5-11H2,1-4H3,(H,18,19). The summed E-state index contributed by atoms with van der Waals surface area (Å²) in [6.07, 6.45) is 0. The van der Waals surface area contributed by atoms with Gasteiger partial charge in [0.05, 0.1) is 33.9 Å². The summed E-state index contributed by atoms with van der Waals surface area (Å²) < 4.78 is 9.15. The lowest BCUT2D eigenvalue weighted by Crippen LogP contribution is -2.41. The van der Waals surface area contributed by atoms with E-state index in [1.54, 1.807) is 0 Å². The third kappa shape index (κ3) is 11.5. The molecule has 23 heavy (non-hydrogen) atoms. The van der Waals surface area contributed by atoms with Crippen molar-refractivity contribution in [3.05, 3.63) is 0 Å². The zero-order valence-corrected chi connectivity index (χ0v) is 14.3. The van der Waals surface area contributed by atoms with Crippen LogP contribution in [0.25, 0.3) is 0 Å². The summed E-state index contributed by atoms with van der Waals surface area (Å²) in [6.45, 7) is 2.34. The van der Waals surface area contributed by atoms with Crippen molar-refractivity contribution < 1.29 is 29.0 Å². The van der Waals surface area contributed by atoms with Crippen LogP contribution in [0.4, 0.5) is 0 Å². The number of carboxylic acids is 1. The average molecular weight is 333 g/mol. The Morgan fingerprint density at radius 3 is 1.78 bits per heavy atom. The number of carbonyl (C=O) groups is 3. The number of esters is 2. The van der Waals surface area contributed by atoms with Gasteiger partial charge in [-0.25, -0.2) is 0 Å². The molecule has 0 unspecified atom stereocenters. The fourth-order valence-corrected chi connectivity index (χ4v) is 1.78. The van der Waals surface area contributed by atoms with Gasteiger partial charge in [0.1, 0.15) is 0 Å². The molecule has 0 aliphatic rings. The second-order valence-corrected chi connectivity index (χ2v) is 5.30. The smallest absolute Gasteiger partial charge is 0.319 e. The van der Waals surface area contributed by atoms with Crippen LogP contribution >= 0.6 is 0 Å². The van der Waals surface area contributed by atoms with Crippen molar-refractivity contribution in [1.82, 2.24) is 14.7 Å². The van der Waals surface area contributed by atoms with Crippen molar-refractivity contribution in [2.75, 3.05) is 74.1 Å². The summed E-state index contributed by atoms with van der Waals surface area (Å²) in [5.41, 5.74) is 0. The Kier molecular flexibility index (Phi) is 10.9. The molecular weight excluding hydrogens is 306 g/mol. The number of aliphatic carboxylic acids is 1. The van der Waals surface area contributed by atoms with Crippen LogP contribution in [0.3, 0.4) is 0 Å². The largest absolute Gasteiger partial charge is 0.480 e. The molecule has 0 aromatic heterocycles. The Labute approximate surface area is 136 Å². The van der Waals surface area contributed by atoms with Crippen LogP contribution in [-0.4, -0.2) is 112 Å². The Morgan fingerprint density at radius 1 is 0.783 bits per heavy atom. The molecule has 0 heterocycles. The van der Waals surface area contributed by atoms with Crippen molar-refractivity contribution in [2.45, 2.75) is 0 Å². The first-order valence-corrected chi connectivity index (χ1v) is 7.23. The van der Waals surface area contributed by atoms with Gasteiger partial charge in [0.15, 0.2) is 0 Å². The van der Waals surface area contributed by atoms with Gasteiger partial charge in [-0.05, 0) is 14.1 Å². The van der Waals surface area contributed by atoms with Crippen LogP contribution in [-0.2, 0) is 23.9 Å². The number of rotatable bonds is 12. The number of carbonyl (C=O) groups excluding carboxylic acids is 2. The zero-order valence-electron chi connectivity index (χ0n) is 14.3. The summed E-state index contributed by atoms with van der Waals surface area (Å²) in [5, 5.41) is 8.86. The monoisotopic (exact) mass is 333 g/mol. The molecule has 0 aliphatic heterocycles. The number of ether oxygens (including phenoxy) is 2. The first-order valence-electron chi connectivity index (χ1n) is 7.23. The van der Waals surface area contributed by atoms with Gasteiger partial charge < -0.3 is 19.5 Å². The molecule has 134 valence electrons. The van der Waals surface area contributed by atoms with Crippen molar-refractivity contribution in [3.8, 4) is 0 Å². The fourth-order valence-electron chi connectivity index (χ4n) is 1.78. The van der Waals surface area contributed by atoms with Crippen LogP contribution in [0, 0.1) is 0 Å². The molecule has 0 rings (SSSR count). The fraction of sp³-hybridized carbons (Fsp3) is 0.786. The van der Waals surface area contributed by atoms with E-state index in [2.05, 4.69) is 9.47 Å². The number of likely N-dealkylation sites (N-methyl/N-ethyl adjacent to an activating group) is 2. The molecular formula is C14H27N3O6. The van der Waals surface area contributed by atoms with E-state index in [1.165, 1.54) is 19.1 Å². The van der Waals surface area contributed by atoms with Crippen LogP contribution in [0.5, 0.6) is 0 Å². The van der Waals surface area contributed by atoms with E-state index >= 15 is 0 Å². The quantitative estimate of drug-likeness (QED) is 0.431. The minimum absolute atomic E-state index is 0.0567. The Hall–Kier alpha value is -1.71. The molecule has 0 aromatic rings. The molecule has 0 spiro atoms. The predicted molar refractivity (Wildman–Crippen MR) is 83.1 cm³/mol. The number of hydrogen-bond acceptors (Lipinski definition) is 8. The highest BCUT2D eigenvalue weighted by molar-refractivity contribution is 5.73. The van der Waals surface area contributed by atoms with E-state index in [9.17, 15) is 14.4 Å². The molecule has 0 saturated heterocycles. The number of nitrogens with zero attached hydrogens (tertiary/aromatic N) is 3. The number of carboxylic acid groups (broad SMARTS) is 1. The van der Waals surface area contributed by atoms with E-state index < -0.39 is 11.9 Å². The van der Waals surface area contributed by atoms with Gasteiger partial charge in [-0.3, -0.25) is 24.2 Å². The van der Waals surface area contributed by atoms with E-state index in [4.69, 9.17) is 5.11 Å². The van der Waals surface area contributed by atoms with Crippen molar-refractivity contribution >= 4 is 17.9 Å². The van der Waals surface area contributed by atoms with E-state index in [1.807, 2.05) is 23.9 Å². The molecule has 1 N–H and O–H groups in total. The molecule has 0 aromatic carbocycles. The maximum absolute atomic E-state index is 11.3. The molecule has 9 heteroatoms. The molecule has 0 amide bonds. The maximum Gasteiger partial charge on any atom is 0.319 e. The van der Waals surface area contributed by atoms with Gasteiger partial charge in [-0.15, -0.1) is 0 Å². The molecule has 0 saturated carbocycles. The second kappa shape index (κ2) is 11.8. The first-order chi connectivity index (χ1) is 10.8. The van der Waals surface area contributed by atoms with Gasteiger partial charge >= 0.3 is 17.9 Å². The van der Waals surface area contributed by atoms with Crippen molar-refractivity contribution in [1.29, 1.82) is 0 Å². The summed E-state index contributed by atoms with van der Waals surface area (Å²) in [7, 11) is 6.33. The highest BCUT2D eigenvalue weighted by atomic mass is 16.5. The summed E-state index contributed by atoms with van der Waals surface area (Å²) >= 11 is 0. The Bertz CT molecular complexity index is 391. The molecule has 0 fully saturated rings. The van der Waals surface area contributed by atoms with Gasteiger partial charge in [0.2, 0.25) is 0 Å². The van der Waals surface area contributed by atoms with Crippen LogP contribution in [0.15, 0.2) is 0 Å². The first kappa shape index (κ1) is 21.3. The highest BCUT2D eigenvalue weighted by Gasteiger charge is 2.15. The summed E-state index contributed by atoms with van der Waals surface area (Å²) in [4.78, 5) is 38.6. The highest BCUT2D eigenvalue weighted by Crippen LogP contribution is 1.94. The lowest BCUT2D eigenvalue weighted by molar-refractivity contribution is -0.144. The molecule has 0 atom stereocenters. The predicted octanol–water partition coefficient (Wildman–Crippen LogP) is -1.42.